The molecule has 0 spiro atoms. The lowest BCUT2D eigenvalue weighted by Gasteiger charge is -2.37. The highest BCUT2D eigenvalue weighted by atomic mass is 35.5. The van der Waals surface area contributed by atoms with E-state index >= 15 is 0 Å². The first-order valence-corrected chi connectivity index (χ1v) is 12.2. The highest BCUT2D eigenvalue weighted by molar-refractivity contribution is 6.34. The Bertz CT molecular complexity index is 1080. The number of aryl methyl sites for hydroxylation is 2. The first-order valence-electron chi connectivity index (χ1n) is 11.8. The van der Waals surface area contributed by atoms with Crippen LogP contribution in [0.1, 0.15) is 57.4 Å². The van der Waals surface area contributed by atoms with Gasteiger partial charge in [-0.1, -0.05) is 53.6 Å². The van der Waals surface area contributed by atoms with Crippen LogP contribution in [0.3, 0.4) is 0 Å². The van der Waals surface area contributed by atoms with Crippen LogP contribution in [0.15, 0.2) is 42.5 Å². The van der Waals surface area contributed by atoms with E-state index in [1.54, 1.807) is 58.9 Å². The Morgan fingerprint density at radius 1 is 1.08 bits per heavy atom. The smallest absolute Gasteiger partial charge is 0.408 e. The number of benzene rings is 2. The summed E-state index contributed by atoms with van der Waals surface area (Å²) in [6.45, 7) is 11.6. The predicted molar refractivity (Wildman–Crippen MR) is 141 cm³/mol. The number of ether oxygens (including phenoxy) is 1. The van der Waals surface area contributed by atoms with Crippen LogP contribution in [0.4, 0.5) is 10.5 Å². The van der Waals surface area contributed by atoms with E-state index in [-0.39, 0.29) is 0 Å². The van der Waals surface area contributed by atoms with Gasteiger partial charge in [-0.3, -0.25) is 9.59 Å². The first kappa shape index (κ1) is 29.1. The van der Waals surface area contributed by atoms with Gasteiger partial charge in [-0.15, -0.1) is 0 Å². The molecule has 8 nitrogen and oxygen atoms in total. The Morgan fingerprint density at radius 2 is 1.72 bits per heavy atom. The van der Waals surface area contributed by atoms with E-state index in [1.807, 2.05) is 32.0 Å². The summed E-state index contributed by atoms with van der Waals surface area (Å²) in [5.74, 6) is -1.11. The van der Waals surface area contributed by atoms with Gasteiger partial charge < -0.3 is 25.4 Å². The molecule has 0 heterocycles. The van der Waals surface area contributed by atoms with Crippen molar-refractivity contribution in [1.82, 2.24) is 10.2 Å². The van der Waals surface area contributed by atoms with Gasteiger partial charge in [0.1, 0.15) is 17.7 Å². The summed E-state index contributed by atoms with van der Waals surface area (Å²) < 4.78 is 5.25. The minimum absolute atomic E-state index is 0.369. The molecule has 0 fully saturated rings. The molecule has 0 bridgehead atoms. The molecule has 0 radical (unpaired) electrons. The number of nitrogens with one attached hydrogen (secondary N) is 2. The van der Waals surface area contributed by atoms with Crippen molar-refractivity contribution >= 4 is 35.2 Å². The zero-order valence-corrected chi connectivity index (χ0v) is 22.6. The van der Waals surface area contributed by atoms with Crippen LogP contribution in [0.5, 0.6) is 0 Å². The molecule has 2 aromatic rings. The van der Waals surface area contributed by atoms with E-state index in [1.165, 1.54) is 4.90 Å². The molecule has 0 aromatic heterocycles. The number of carbonyl (C=O) groups is 3. The number of hydrogen-bond acceptors (Lipinski definition) is 5. The molecule has 196 valence electrons. The zero-order chi connectivity index (χ0) is 27.2. The minimum Gasteiger partial charge on any atom is -0.444 e. The van der Waals surface area contributed by atoms with Crippen molar-refractivity contribution in [2.45, 2.75) is 72.2 Å². The molecule has 2 atom stereocenters. The van der Waals surface area contributed by atoms with E-state index in [0.29, 0.717) is 16.3 Å². The van der Waals surface area contributed by atoms with Gasteiger partial charge in [0.2, 0.25) is 5.91 Å². The lowest BCUT2D eigenvalue weighted by atomic mass is 9.99. The number of carbonyl (C=O) groups excluding carboxylic acids is 3. The molecule has 3 N–H and O–H groups in total. The number of amides is 3. The van der Waals surface area contributed by atoms with Gasteiger partial charge in [0.05, 0.1) is 17.3 Å². The van der Waals surface area contributed by atoms with Crippen molar-refractivity contribution in [1.29, 1.82) is 0 Å². The van der Waals surface area contributed by atoms with E-state index in [0.717, 1.165) is 11.1 Å². The summed E-state index contributed by atoms with van der Waals surface area (Å²) in [6, 6.07) is 9.70. The van der Waals surface area contributed by atoms with E-state index in [4.69, 9.17) is 16.3 Å². The number of alkyl carbamates (subject to hydrolysis) is 1. The van der Waals surface area contributed by atoms with Crippen LogP contribution in [0, 0.1) is 13.8 Å². The third kappa shape index (κ3) is 7.70. The zero-order valence-electron chi connectivity index (χ0n) is 21.9. The van der Waals surface area contributed by atoms with Gasteiger partial charge in [0.15, 0.2) is 0 Å². The fraction of sp³-hybridized carbons (Fsp3) is 0.444. The monoisotopic (exact) mass is 517 g/mol. The Hall–Kier alpha value is -3.10. The van der Waals surface area contributed by atoms with Crippen LogP contribution in [-0.4, -0.2) is 52.2 Å². The van der Waals surface area contributed by atoms with Gasteiger partial charge in [-0.05, 0) is 65.7 Å². The molecule has 36 heavy (non-hydrogen) atoms. The molecule has 0 aliphatic rings. The lowest BCUT2D eigenvalue weighted by molar-refractivity contribution is -0.143. The average molecular weight is 518 g/mol. The van der Waals surface area contributed by atoms with Gasteiger partial charge in [0, 0.05) is 6.04 Å². The van der Waals surface area contributed by atoms with E-state index in [2.05, 4.69) is 10.6 Å². The maximum atomic E-state index is 13.8. The number of aliphatic hydroxyl groups is 1. The Kier molecular flexibility index (Phi) is 9.90. The fourth-order valence-corrected chi connectivity index (χ4v) is 4.02. The molecule has 0 aliphatic heterocycles. The third-order valence-electron chi connectivity index (χ3n) is 5.34. The molecular formula is C27H36ClN3O5. The predicted octanol–water partition coefficient (Wildman–Crippen LogP) is 4.76. The molecule has 0 saturated heterocycles. The Balaban J connectivity index is 2.50. The molecular weight excluding hydrogens is 482 g/mol. The molecule has 2 aromatic carbocycles. The van der Waals surface area contributed by atoms with Crippen molar-refractivity contribution in [2.24, 2.45) is 0 Å². The fourth-order valence-electron chi connectivity index (χ4n) is 3.76. The topological polar surface area (TPSA) is 108 Å². The van der Waals surface area contributed by atoms with Crippen molar-refractivity contribution in [3.05, 3.63) is 64.2 Å². The van der Waals surface area contributed by atoms with Crippen LogP contribution in [-0.2, 0) is 14.3 Å². The molecule has 0 saturated carbocycles. The normalized spacial score (nSPS) is 13.1. The summed E-state index contributed by atoms with van der Waals surface area (Å²) in [7, 11) is 0. The number of halogens is 1. The number of rotatable bonds is 8. The Labute approximate surface area is 218 Å². The summed E-state index contributed by atoms with van der Waals surface area (Å²) >= 11 is 6.35. The largest absolute Gasteiger partial charge is 0.444 e. The highest BCUT2D eigenvalue weighted by Crippen LogP contribution is 2.30. The Morgan fingerprint density at radius 3 is 2.25 bits per heavy atom. The quantitative estimate of drug-likeness (QED) is 0.468. The lowest BCUT2D eigenvalue weighted by Crippen LogP contribution is -2.55. The molecule has 2 rings (SSSR count). The maximum Gasteiger partial charge on any atom is 0.408 e. The molecule has 3 amide bonds. The average Bonchev–Trinajstić information content (AvgIpc) is 2.76. The van der Waals surface area contributed by atoms with E-state index in [9.17, 15) is 19.5 Å². The van der Waals surface area contributed by atoms with Crippen molar-refractivity contribution in [3.63, 3.8) is 0 Å². The van der Waals surface area contributed by atoms with E-state index < -0.39 is 48.2 Å². The maximum absolute atomic E-state index is 13.8. The SMILES string of the molecule is Cc1cccc(C(C(=O)Nc2c(C)cccc2Cl)N(C(=O)C(CO)NC(=O)OC(C)(C)C)C(C)C)c1. The highest BCUT2D eigenvalue weighted by Gasteiger charge is 2.38. The van der Waals surface area contributed by atoms with Crippen molar-refractivity contribution in [3.8, 4) is 0 Å². The second-order valence-electron chi connectivity index (χ2n) is 9.96. The van der Waals surface area contributed by atoms with Crippen LogP contribution in [0.25, 0.3) is 0 Å². The van der Waals surface area contributed by atoms with Gasteiger partial charge in [-0.2, -0.15) is 0 Å². The number of anilines is 1. The number of nitrogens with zero attached hydrogens (tertiary/aromatic N) is 1. The van der Waals surface area contributed by atoms with Gasteiger partial charge in [-0.25, -0.2) is 4.79 Å². The summed E-state index contributed by atoms with van der Waals surface area (Å²) in [5, 5.41) is 15.7. The second-order valence-corrected chi connectivity index (χ2v) is 10.4. The van der Waals surface area contributed by atoms with Gasteiger partial charge in [0.25, 0.3) is 5.91 Å². The molecule has 2 unspecified atom stereocenters. The standard InChI is InChI=1S/C27H36ClN3O5/c1-16(2)31(25(34)21(15-32)29-26(35)36-27(5,6)7)23(19-12-8-10-17(3)14-19)24(33)30-22-18(4)11-9-13-20(22)28/h8-14,16,21,23,32H,15H2,1-7H3,(H,29,35)(H,30,33). The van der Waals surface area contributed by atoms with Crippen LogP contribution < -0.4 is 10.6 Å². The molecule has 9 heteroatoms. The van der Waals surface area contributed by atoms with Crippen molar-refractivity contribution < 1.29 is 24.2 Å². The summed E-state index contributed by atoms with van der Waals surface area (Å²) in [6.07, 6.45) is -0.846. The first-order chi connectivity index (χ1) is 16.7. The third-order valence-corrected chi connectivity index (χ3v) is 5.65. The van der Waals surface area contributed by atoms with Crippen molar-refractivity contribution in [2.75, 3.05) is 11.9 Å². The molecule has 0 aliphatic carbocycles. The number of hydrogen-bond donors (Lipinski definition) is 3. The summed E-state index contributed by atoms with van der Waals surface area (Å²) in [5.41, 5.74) is 1.90. The summed E-state index contributed by atoms with van der Waals surface area (Å²) in [4.78, 5) is 41.2. The van der Waals surface area contributed by atoms with Gasteiger partial charge >= 0.3 is 6.09 Å². The van der Waals surface area contributed by atoms with Crippen LogP contribution >= 0.6 is 11.6 Å². The number of aliphatic hydroxyl groups excluding tert-OH is 1. The minimum atomic E-state index is -1.32. The second kappa shape index (κ2) is 12.2. The number of para-hydroxylation sites is 1. The van der Waals surface area contributed by atoms with Crippen LogP contribution in [0.2, 0.25) is 5.02 Å².